The maximum Gasteiger partial charge on any atom is 0.254 e. The molecule has 0 aliphatic rings. The highest BCUT2D eigenvalue weighted by molar-refractivity contribution is 8.09. The Morgan fingerprint density at radius 3 is 2.38 bits per heavy atom. The minimum atomic E-state index is -0.654. The van der Waals surface area contributed by atoms with Gasteiger partial charge in [0.05, 0.1) is 5.75 Å². The number of rotatable bonds is 2. The second kappa shape index (κ2) is 4.07. The van der Waals surface area contributed by atoms with Gasteiger partial charge in [-0.3, -0.25) is 0 Å². The summed E-state index contributed by atoms with van der Waals surface area (Å²) in [5.41, 5.74) is 8.09. The Kier molecular flexibility index (Phi) is 4.15. The summed E-state index contributed by atoms with van der Waals surface area (Å²) in [6.45, 7) is 4.07. The van der Waals surface area contributed by atoms with Gasteiger partial charge in [-0.25, -0.2) is 0 Å². The Bertz CT molecular complexity index is 117. The second-order valence-electron chi connectivity index (χ2n) is 1.95. The summed E-state index contributed by atoms with van der Waals surface area (Å²) in [5, 5.41) is 0. The van der Waals surface area contributed by atoms with Gasteiger partial charge in [0.1, 0.15) is 0 Å². The monoisotopic (exact) mass is 152 g/mol. The fourth-order valence-corrected chi connectivity index (χ4v) is 1.68. The molecular weight excluding hydrogens is 144 g/mol. The normalized spacial score (nSPS) is 13.5. The summed E-state index contributed by atoms with van der Waals surface area (Å²) in [5.74, 6) is 1.27. The molecule has 0 rings (SSSR count). The maximum absolute atomic E-state index is 8.09. The van der Waals surface area contributed by atoms with Gasteiger partial charge in [0.2, 0.25) is 0 Å². The summed E-state index contributed by atoms with van der Waals surface area (Å²) >= 11 is 0. The van der Waals surface area contributed by atoms with Crippen LogP contribution in [0.2, 0.25) is 0 Å². The topological polar surface area (TPSA) is 36.4 Å². The quantitative estimate of drug-likeness (QED) is 0.427. The lowest BCUT2D eigenvalue weighted by Gasteiger charge is -1.92. The molecule has 2 nitrogen and oxygen atoms in total. The molecule has 0 radical (unpaired) electrons. The molecule has 0 aliphatic heterocycles. The molecule has 0 spiro atoms. The molecule has 0 aromatic rings. The van der Waals surface area contributed by atoms with Crippen LogP contribution >= 0.6 is 10.7 Å². The van der Waals surface area contributed by atoms with Crippen LogP contribution in [0.25, 0.3) is 5.53 Å². The zero-order valence-electron chi connectivity index (χ0n) is 4.97. The highest BCUT2D eigenvalue weighted by Crippen LogP contribution is 1.98. The predicted molar refractivity (Wildman–Crippen MR) is 38.4 cm³/mol. The molecule has 4 heteroatoms. The molecule has 0 saturated heterocycles. The summed E-state index contributed by atoms with van der Waals surface area (Å²) in [4.78, 5) is 0. The lowest BCUT2D eigenvalue weighted by molar-refractivity contribution is 0.750. The van der Waals surface area contributed by atoms with Gasteiger partial charge in [0.25, 0.3) is 9.90 Å². The molecule has 0 aromatic carbocycles. The molecule has 0 bridgehead atoms. The molecule has 8 heavy (non-hydrogen) atoms. The van der Waals surface area contributed by atoms with Gasteiger partial charge in [0, 0.05) is 10.7 Å². The van der Waals surface area contributed by atoms with E-state index in [4.69, 9.17) is 16.2 Å². The van der Waals surface area contributed by atoms with Crippen molar-refractivity contribution >= 4 is 20.6 Å². The first-order chi connectivity index (χ1) is 3.66. The molecule has 0 saturated carbocycles. The molecular formula is C4H9ClN2S. The summed E-state index contributed by atoms with van der Waals surface area (Å²) < 4.78 is 2.92. The van der Waals surface area contributed by atoms with E-state index >= 15 is 0 Å². The average molecular weight is 153 g/mol. The molecule has 1 atom stereocenters. The molecule has 48 valence electrons. The summed E-state index contributed by atoms with van der Waals surface area (Å²) in [6, 6.07) is 0. The van der Waals surface area contributed by atoms with Crippen molar-refractivity contribution in [3.63, 3.8) is 0 Å². The van der Waals surface area contributed by atoms with Gasteiger partial charge in [-0.05, 0) is 5.92 Å². The van der Waals surface area contributed by atoms with E-state index in [0.717, 1.165) is 5.75 Å². The molecule has 1 unspecified atom stereocenters. The van der Waals surface area contributed by atoms with Gasteiger partial charge in [-0.15, -0.1) is 4.16 Å². The van der Waals surface area contributed by atoms with Gasteiger partial charge >= 0.3 is 0 Å². The fraction of sp³-hybridized carbons (Fsp3) is 1.00. The van der Waals surface area contributed by atoms with Crippen LogP contribution in [0.1, 0.15) is 13.8 Å². The van der Waals surface area contributed by atoms with Gasteiger partial charge < -0.3 is 5.53 Å². The van der Waals surface area contributed by atoms with Crippen LogP contribution in [0.5, 0.6) is 0 Å². The van der Waals surface area contributed by atoms with Gasteiger partial charge in [-0.1, -0.05) is 13.8 Å². The fourth-order valence-electron chi connectivity index (χ4n) is 0.308. The average Bonchev–Trinajstić information content (AvgIpc) is 1.65. The van der Waals surface area contributed by atoms with E-state index in [1.54, 1.807) is 0 Å². The van der Waals surface area contributed by atoms with Crippen molar-refractivity contribution in [2.24, 2.45) is 5.92 Å². The van der Waals surface area contributed by atoms with Crippen molar-refractivity contribution in [1.82, 2.24) is 4.16 Å². The van der Waals surface area contributed by atoms with Crippen LogP contribution in [0, 0.1) is 5.92 Å². The lowest BCUT2D eigenvalue weighted by Crippen LogP contribution is -1.98. The van der Waals surface area contributed by atoms with Crippen LogP contribution in [-0.4, -0.2) is 5.75 Å². The first-order valence-electron chi connectivity index (χ1n) is 2.39. The maximum atomic E-state index is 8.09. The molecule has 0 amide bonds. The number of hydrogen-bond donors (Lipinski definition) is 0. The van der Waals surface area contributed by atoms with E-state index in [1.165, 1.54) is 0 Å². The van der Waals surface area contributed by atoms with Crippen molar-refractivity contribution in [2.45, 2.75) is 13.8 Å². The molecule has 0 aromatic heterocycles. The second-order valence-corrected chi connectivity index (χ2v) is 4.13. The highest BCUT2D eigenvalue weighted by atomic mass is 35.7. The van der Waals surface area contributed by atoms with Crippen molar-refractivity contribution in [3.05, 3.63) is 5.53 Å². The van der Waals surface area contributed by atoms with E-state index < -0.39 is 9.90 Å². The van der Waals surface area contributed by atoms with Crippen LogP contribution in [-0.2, 0) is 9.90 Å². The van der Waals surface area contributed by atoms with Gasteiger partial charge in [0.15, 0.2) is 0 Å². The van der Waals surface area contributed by atoms with Crippen molar-refractivity contribution < 1.29 is 0 Å². The first-order valence-corrected chi connectivity index (χ1v) is 4.57. The van der Waals surface area contributed by atoms with Crippen molar-refractivity contribution in [1.29, 1.82) is 0 Å². The Morgan fingerprint density at radius 1 is 1.75 bits per heavy atom. The smallest absolute Gasteiger partial charge is 0.254 e. The molecule has 0 heterocycles. The largest absolute Gasteiger partial charge is 0.350 e. The van der Waals surface area contributed by atoms with Crippen LogP contribution in [0.3, 0.4) is 0 Å². The zero-order valence-corrected chi connectivity index (χ0v) is 6.54. The number of nitrogens with zero attached hydrogens (tertiary/aromatic N) is 2. The minimum Gasteiger partial charge on any atom is -0.350 e. The van der Waals surface area contributed by atoms with E-state index in [-0.39, 0.29) is 0 Å². The summed E-state index contributed by atoms with van der Waals surface area (Å²) in [6.07, 6.45) is 0. The third kappa shape index (κ3) is 4.31. The third-order valence-corrected chi connectivity index (χ3v) is 2.24. The Balaban J connectivity index is 3.56. The van der Waals surface area contributed by atoms with E-state index in [1.807, 2.05) is 13.8 Å². The lowest BCUT2D eigenvalue weighted by atomic mass is 10.3. The molecule has 0 fully saturated rings. The third-order valence-electron chi connectivity index (χ3n) is 0.559. The number of halogens is 1. The van der Waals surface area contributed by atoms with E-state index in [2.05, 4.69) is 4.16 Å². The first kappa shape index (κ1) is 8.15. The van der Waals surface area contributed by atoms with E-state index in [9.17, 15) is 0 Å². The van der Waals surface area contributed by atoms with E-state index in [0.29, 0.717) is 5.92 Å². The molecule has 0 N–H and O–H groups in total. The van der Waals surface area contributed by atoms with Crippen LogP contribution in [0.4, 0.5) is 0 Å². The Hall–Kier alpha value is 0.150. The Morgan fingerprint density at radius 2 is 2.25 bits per heavy atom. The predicted octanol–water partition coefficient (Wildman–Crippen LogP) is 1.69. The van der Waals surface area contributed by atoms with Crippen molar-refractivity contribution in [3.8, 4) is 0 Å². The zero-order chi connectivity index (χ0) is 6.57. The van der Waals surface area contributed by atoms with Crippen molar-refractivity contribution in [2.75, 3.05) is 5.75 Å². The minimum absolute atomic E-state index is 0.506. The standard InChI is InChI=1S/C4H9ClN2S/c1-4(2)3-8(5)7-6/h4H,3H2,1-2H3. The molecule has 0 aliphatic carbocycles. The number of hydrogen-bond acceptors (Lipinski definition) is 0. The Labute approximate surface area is 56.4 Å². The van der Waals surface area contributed by atoms with Crippen LogP contribution in [0.15, 0.2) is 0 Å². The highest BCUT2D eigenvalue weighted by Gasteiger charge is 2.02. The SMILES string of the molecule is CC(C)CS(Cl)=[N+]=[N-]. The van der Waals surface area contributed by atoms with Crippen LogP contribution < -0.4 is 4.16 Å². The van der Waals surface area contributed by atoms with Gasteiger partial charge in [-0.2, -0.15) is 0 Å². The summed E-state index contributed by atoms with van der Waals surface area (Å²) in [7, 11) is 4.82.